The molecular formula is C22H13ClF4N4O2. The number of benzene rings is 3. The predicted molar refractivity (Wildman–Crippen MR) is 114 cm³/mol. The number of aromatic nitrogens is 3. The van der Waals surface area contributed by atoms with Crippen LogP contribution in [0.2, 0.25) is 5.02 Å². The van der Waals surface area contributed by atoms with Crippen LogP contribution in [0.4, 0.5) is 23.2 Å². The Balaban J connectivity index is 1.54. The van der Waals surface area contributed by atoms with E-state index in [0.717, 1.165) is 28.9 Å². The van der Waals surface area contributed by atoms with Gasteiger partial charge in [-0.3, -0.25) is 9.78 Å². The van der Waals surface area contributed by atoms with Crippen LogP contribution >= 0.6 is 11.6 Å². The fraction of sp³-hybridized carbons (Fsp3) is 0.0455. The quantitative estimate of drug-likeness (QED) is 0.393. The first-order chi connectivity index (χ1) is 15.6. The molecule has 0 fully saturated rings. The molecule has 1 heterocycles. The highest BCUT2D eigenvalue weighted by Gasteiger charge is 2.30. The SMILES string of the molecule is O=C(Nc1ccc(C(F)(F)F)cc1)c1ccc(-n2nc(-c3c(F)cccc3Cl)[nH]c2=O)cc1. The molecule has 1 amide bonds. The molecule has 3 aromatic carbocycles. The van der Waals surface area contributed by atoms with Gasteiger partial charge in [0.05, 0.1) is 21.8 Å². The van der Waals surface area contributed by atoms with E-state index in [-0.39, 0.29) is 27.7 Å². The van der Waals surface area contributed by atoms with Crippen molar-refractivity contribution >= 4 is 23.2 Å². The van der Waals surface area contributed by atoms with Crippen molar-refractivity contribution in [2.45, 2.75) is 6.18 Å². The average Bonchev–Trinajstić information content (AvgIpc) is 3.14. The molecule has 0 saturated heterocycles. The van der Waals surface area contributed by atoms with Gasteiger partial charge < -0.3 is 5.32 Å². The maximum Gasteiger partial charge on any atom is 0.416 e. The molecule has 6 nitrogen and oxygen atoms in total. The minimum absolute atomic E-state index is 0.0532. The van der Waals surface area contributed by atoms with Crippen molar-refractivity contribution in [2.24, 2.45) is 0 Å². The Bertz CT molecular complexity index is 1360. The Hall–Kier alpha value is -3.92. The number of carbonyl (C=O) groups is 1. The monoisotopic (exact) mass is 476 g/mol. The highest BCUT2D eigenvalue weighted by molar-refractivity contribution is 6.33. The number of amides is 1. The fourth-order valence-corrected chi connectivity index (χ4v) is 3.29. The zero-order chi connectivity index (χ0) is 23.8. The number of H-pyrrole nitrogens is 1. The summed E-state index contributed by atoms with van der Waals surface area (Å²) in [5, 5.41) is 6.64. The predicted octanol–water partition coefficient (Wildman–Crippen LogP) is 5.29. The molecule has 1 aromatic heterocycles. The first-order valence-corrected chi connectivity index (χ1v) is 9.74. The molecule has 0 atom stereocenters. The Morgan fingerprint density at radius 3 is 2.27 bits per heavy atom. The fourth-order valence-electron chi connectivity index (χ4n) is 3.04. The summed E-state index contributed by atoms with van der Waals surface area (Å²) in [6.45, 7) is 0. The third kappa shape index (κ3) is 4.65. The van der Waals surface area contributed by atoms with Crippen LogP contribution in [0.1, 0.15) is 15.9 Å². The zero-order valence-electron chi connectivity index (χ0n) is 16.5. The normalized spacial score (nSPS) is 11.4. The first-order valence-electron chi connectivity index (χ1n) is 9.36. The van der Waals surface area contributed by atoms with Gasteiger partial charge >= 0.3 is 11.9 Å². The van der Waals surface area contributed by atoms with E-state index >= 15 is 0 Å². The van der Waals surface area contributed by atoms with Gasteiger partial charge in [0, 0.05) is 11.3 Å². The zero-order valence-corrected chi connectivity index (χ0v) is 17.2. The van der Waals surface area contributed by atoms with Gasteiger partial charge in [-0.15, -0.1) is 5.10 Å². The van der Waals surface area contributed by atoms with Gasteiger partial charge in [0.2, 0.25) is 0 Å². The van der Waals surface area contributed by atoms with E-state index in [9.17, 15) is 27.2 Å². The Kier molecular flexibility index (Phi) is 5.77. The Morgan fingerprint density at radius 2 is 1.67 bits per heavy atom. The van der Waals surface area contributed by atoms with Crippen molar-refractivity contribution in [2.75, 3.05) is 5.32 Å². The molecule has 0 spiro atoms. The van der Waals surface area contributed by atoms with Crippen molar-refractivity contribution in [3.05, 3.63) is 99.2 Å². The minimum atomic E-state index is -4.47. The van der Waals surface area contributed by atoms with E-state index in [2.05, 4.69) is 15.4 Å². The standard InChI is InChI=1S/C22H13ClF4N4O2/c23-16-2-1-3-17(24)18(16)19-29-21(33)31(30-19)15-10-4-12(5-11-15)20(32)28-14-8-6-13(7-9-14)22(25,26)27/h1-11H,(H,28,32)(H,29,30,33). The van der Waals surface area contributed by atoms with E-state index < -0.39 is 29.2 Å². The number of nitrogens with zero attached hydrogens (tertiary/aromatic N) is 2. The van der Waals surface area contributed by atoms with Gasteiger partial charge in [-0.05, 0) is 60.7 Å². The molecule has 11 heteroatoms. The summed E-state index contributed by atoms with van der Waals surface area (Å²) >= 11 is 6.01. The lowest BCUT2D eigenvalue weighted by molar-refractivity contribution is -0.137. The number of rotatable bonds is 4. The summed E-state index contributed by atoms with van der Waals surface area (Å²) in [4.78, 5) is 27.1. The maximum absolute atomic E-state index is 14.1. The molecule has 4 aromatic rings. The molecule has 0 saturated carbocycles. The van der Waals surface area contributed by atoms with Crippen molar-refractivity contribution in [1.82, 2.24) is 14.8 Å². The van der Waals surface area contributed by atoms with Crippen molar-refractivity contribution < 1.29 is 22.4 Å². The number of anilines is 1. The summed E-state index contributed by atoms with van der Waals surface area (Å²) in [6.07, 6.45) is -4.47. The molecule has 0 aliphatic heterocycles. The Morgan fingerprint density at radius 1 is 1.00 bits per heavy atom. The summed E-state index contributed by atoms with van der Waals surface area (Å²) in [5.74, 6) is -1.28. The minimum Gasteiger partial charge on any atom is -0.322 e. The molecular weight excluding hydrogens is 464 g/mol. The number of nitrogens with one attached hydrogen (secondary N) is 2. The lowest BCUT2D eigenvalue weighted by Crippen LogP contribution is -2.16. The van der Waals surface area contributed by atoms with Crippen LogP contribution in [0.15, 0.2) is 71.5 Å². The van der Waals surface area contributed by atoms with Crippen molar-refractivity contribution in [3.63, 3.8) is 0 Å². The van der Waals surface area contributed by atoms with Crippen LogP contribution in [0.5, 0.6) is 0 Å². The number of carbonyl (C=O) groups excluding carboxylic acids is 1. The van der Waals surface area contributed by atoms with Crippen LogP contribution in [0, 0.1) is 5.82 Å². The smallest absolute Gasteiger partial charge is 0.322 e. The van der Waals surface area contributed by atoms with E-state index in [1.165, 1.54) is 42.5 Å². The van der Waals surface area contributed by atoms with E-state index in [0.29, 0.717) is 5.69 Å². The lowest BCUT2D eigenvalue weighted by Gasteiger charge is -2.09. The summed E-state index contributed by atoms with van der Waals surface area (Å²) in [6, 6.07) is 13.8. The third-order valence-electron chi connectivity index (χ3n) is 4.66. The number of aromatic amines is 1. The van der Waals surface area contributed by atoms with Gasteiger partial charge in [0.1, 0.15) is 5.82 Å². The van der Waals surface area contributed by atoms with Crippen LogP contribution < -0.4 is 11.0 Å². The highest BCUT2D eigenvalue weighted by atomic mass is 35.5. The van der Waals surface area contributed by atoms with Crippen LogP contribution in [-0.2, 0) is 6.18 Å². The van der Waals surface area contributed by atoms with Crippen LogP contribution in [0.3, 0.4) is 0 Å². The topological polar surface area (TPSA) is 79.8 Å². The maximum atomic E-state index is 14.1. The molecule has 0 aliphatic rings. The molecule has 0 radical (unpaired) electrons. The van der Waals surface area contributed by atoms with E-state index in [4.69, 9.17) is 11.6 Å². The number of hydrogen-bond donors (Lipinski definition) is 2. The third-order valence-corrected chi connectivity index (χ3v) is 4.98. The van der Waals surface area contributed by atoms with Crippen LogP contribution in [-0.4, -0.2) is 20.7 Å². The molecule has 168 valence electrons. The number of alkyl halides is 3. The number of halogens is 5. The summed E-state index contributed by atoms with van der Waals surface area (Å²) < 4.78 is 53.0. The van der Waals surface area contributed by atoms with Gasteiger partial charge in [-0.1, -0.05) is 17.7 Å². The molecule has 0 bridgehead atoms. The summed E-state index contributed by atoms with van der Waals surface area (Å²) in [5.41, 5.74) is -0.855. The van der Waals surface area contributed by atoms with Crippen LogP contribution in [0.25, 0.3) is 17.1 Å². The second-order valence-electron chi connectivity index (χ2n) is 6.86. The largest absolute Gasteiger partial charge is 0.416 e. The highest BCUT2D eigenvalue weighted by Crippen LogP contribution is 2.30. The van der Waals surface area contributed by atoms with Gasteiger partial charge in [0.15, 0.2) is 5.82 Å². The second-order valence-corrected chi connectivity index (χ2v) is 7.27. The average molecular weight is 477 g/mol. The molecule has 0 aliphatic carbocycles. The summed E-state index contributed by atoms with van der Waals surface area (Å²) in [7, 11) is 0. The lowest BCUT2D eigenvalue weighted by atomic mass is 10.1. The second kappa shape index (κ2) is 8.55. The molecule has 4 rings (SSSR count). The van der Waals surface area contributed by atoms with E-state index in [1.807, 2.05) is 0 Å². The van der Waals surface area contributed by atoms with Crippen molar-refractivity contribution in [3.8, 4) is 17.1 Å². The van der Waals surface area contributed by atoms with Crippen molar-refractivity contribution in [1.29, 1.82) is 0 Å². The Labute approximate surface area is 188 Å². The van der Waals surface area contributed by atoms with Gasteiger partial charge in [0.25, 0.3) is 5.91 Å². The van der Waals surface area contributed by atoms with E-state index in [1.54, 1.807) is 0 Å². The first kappa shape index (κ1) is 22.3. The number of hydrogen-bond acceptors (Lipinski definition) is 3. The molecule has 2 N–H and O–H groups in total. The molecule has 33 heavy (non-hydrogen) atoms. The van der Waals surface area contributed by atoms with Gasteiger partial charge in [-0.2, -0.15) is 17.9 Å². The molecule has 0 unspecified atom stereocenters. The van der Waals surface area contributed by atoms with Gasteiger partial charge in [-0.25, -0.2) is 9.18 Å².